The second-order valence-electron chi connectivity index (χ2n) is 6.28. The average Bonchev–Trinajstić information content (AvgIpc) is 2.95. The van der Waals surface area contributed by atoms with Crippen LogP contribution in [0.2, 0.25) is 0 Å². The number of allylic oxidation sites excluding steroid dienone is 4. The first-order valence-electron chi connectivity index (χ1n) is 8.26. The van der Waals surface area contributed by atoms with Crippen LogP contribution in [0.4, 0.5) is 5.69 Å². The van der Waals surface area contributed by atoms with Gasteiger partial charge in [0.15, 0.2) is 0 Å². The second-order valence-corrected chi connectivity index (χ2v) is 6.28. The third-order valence-electron chi connectivity index (χ3n) is 4.56. The minimum atomic E-state index is -0.672. The summed E-state index contributed by atoms with van der Waals surface area (Å²) in [7, 11) is 0. The van der Waals surface area contributed by atoms with Gasteiger partial charge < -0.3 is 15.4 Å². The zero-order chi connectivity index (χ0) is 18.3. The summed E-state index contributed by atoms with van der Waals surface area (Å²) in [6.07, 6.45) is 7.40. The molecule has 6 nitrogen and oxygen atoms in total. The number of para-hydroxylation sites is 1. The van der Waals surface area contributed by atoms with E-state index >= 15 is 0 Å². The van der Waals surface area contributed by atoms with Gasteiger partial charge in [0.25, 0.3) is 5.91 Å². The molecule has 0 saturated carbocycles. The van der Waals surface area contributed by atoms with Crippen LogP contribution in [-0.2, 0) is 19.1 Å². The molecule has 2 heterocycles. The van der Waals surface area contributed by atoms with E-state index in [4.69, 9.17) is 0 Å². The number of rotatable bonds is 1. The van der Waals surface area contributed by atoms with E-state index in [1.807, 2.05) is 36.4 Å². The van der Waals surface area contributed by atoms with Crippen molar-refractivity contribution in [3.63, 3.8) is 0 Å². The molecule has 3 aliphatic rings. The van der Waals surface area contributed by atoms with Crippen LogP contribution in [0.1, 0.15) is 18.9 Å². The van der Waals surface area contributed by atoms with Crippen molar-refractivity contribution in [3.05, 3.63) is 70.6 Å². The number of nitrogens with one attached hydrogen (secondary N) is 2. The predicted molar refractivity (Wildman–Crippen MR) is 95.3 cm³/mol. The van der Waals surface area contributed by atoms with Crippen molar-refractivity contribution in [1.29, 1.82) is 0 Å². The summed E-state index contributed by atoms with van der Waals surface area (Å²) in [6.45, 7) is 1.19. The summed E-state index contributed by atoms with van der Waals surface area (Å²) < 4.78 is 4.67. The van der Waals surface area contributed by atoms with E-state index < -0.39 is 11.9 Å². The minimum absolute atomic E-state index is 0.192. The molecule has 0 spiro atoms. The van der Waals surface area contributed by atoms with Crippen LogP contribution in [0.25, 0.3) is 6.08 Å². The van der Waals surface area contributed by atoms with Gasteiger partial charge in [-0.25, -0.2) is 4.79 Å². The summed E-state index contributed by atoms with van der Waals surface area (Å²) in [5.74, 6) is -1.80. The molecule has 1 fully saturated rings. The van der Waals surface area contributed by atoms with Gasteiger partial charge >= 0.3 is 11.9 Å². The highest BCUT2D eigenvalue weighted by molar-refractivity contribution is 6.03. The van der Waals surface area contributed by atoms with E-state index in [9.17, 15) is 14.4 Å². The quantitative estimate of drug-likeness (QED) is 0.463. The highest BCUT2D eigenvalue weighted by atomic mass is 16.6. The molecule has 6 heteroatoms. The first-order chi connectivity index (χ1) is 12.5. The van der Waals surface area contributed by atoms with Crippen molar-refractivity contribution in [3.8, 4) is 0 Å². The Bertz CT molecular complexity index is 966. The van der Waals surface area contributed by atoms with Gasteiger partial charge in [-0.05, 0) is 36.3 Å². The largest absolute Gasteiger partial charge is 0.390 e. The highest BCUT2D eigenvalue weighted by Gasteiger charge is 2.38. The van der Waals surface area contributed by atoms with Gasteiger partial charge in [-0.2, -0.15) is 0 Å². The Morgan fingerprint density at radius 3 is 2.73 bits per heavy atom. The van der Waals surface area contributed by atoms with Gasteiger partial charge in [0.1, 0.15) is 0 Å². The van der Waals surface area contributed by atoms with Gasteiger partial charge in [0.2, 0.25) is 0 Å². The lowest BCUT2D eigenvalue weighted by Gasteiger charge is -2.21. The van der Waals surface area contributed by atoms with Crippen molar-refractivity contribution in [2.45, 2.75) is 13.3 Å². The van der Waals surface area contributed by atoms with Crippen molar-refractivity contribution in [1.82, 2.24) is 5.32 Å². The SMILES string of the molecule is CC(=O)OC(=O)C1=CC=C2NC(=O)C(=C3C=Cc4ccccc4N3)C2C1. The molecule has 4 rings (SSSR count). The van der Waals surface area contributed by atoms with Crippen LogP contribution in [0, 0.1) is 5.92 Å². The topological polar surface area (TPSA) is 84.5 Å². The lowest BCUT2D eigenvalue weighted by Crippen LogP contribution is -2.19. The maximum atomic E-state index is 12.5. The van der Waals surface area contributed by atoms with Gasteiger partial charge in [-0.1, -0.05) is 24.3 Å². The Labute approximate surface area is 149 Å². The average molecular weight is 348 g/mol. The van der Waals surface area contributed by atoms with Crippen molar-refractivity contribution in [2.24, 2.45) is 5.92 Å². The molecule has 2 aliphatic heterocycles. The normalized spacial score (nSPS) is 23.1. The highest BCUT2D eigenvalue weighted by Crippen LogP contribution is 2.38. The molecule has 1 saturated heterocycles. The van der Waals surface area contributed by atoms with Crippen LogP contribution in [0.5, 0.6) is 0 Å². The van der Waals surface area contributed by atoms with Crippen LogP contribution < -0.4 is 10.6 Å². The standard InChI is InChI=1S/C20H16N2O4/c1-11(23)26-20(25)13-7-8-16-14(10-13)18(19(24)22-16)17-9-6-12-4-2-3-5-15(12)21-17/h2-9,14,21H,10H2,1H3,(H,22,24). The number of benzene rings is 1. The van der Waals surface area contributed by atoms with E-state index in [0.717, 1.165) is 16.9 Å². The first kappa shape index (κ1) is 16.1. The fraction of sp³-hybridized carbons (Fsp3) is 0.150. The number of carbonyl (C=O) groups is 3. The van der Waals surface area contributed by atoms with E-state index in [1.54, 1.807) is 12.2 Å². The van der Waals surface area contributed by atoms with Crippen LogP contribution in [0.15, 0.2) is 65.0 Å². The fourth-order valence-corrected chi connectivity index (χ4v) is 3.38. The molecule has 130 valence electrons. The number of anilines is 1. The summed E-state index contributed by atoms with van der Waals surface area (Å²) in [4.78, 5) is 35.6. The molecule has 1 atom stereocenters. The second kappa shape index (κ2) is 6.15. The Kier molecular flexibility index (Phi) is 3.80. The molecule has 0 aromatic heterocycles. The first-order valence-corrected chi connectivity index (χ1v) is 8.26. The van der Waals surface area contributed by atoms with E-state index in [1.165, 1.54) is 6.92 Å². The molecule has 1 aromatic rings. The molecule has 1 amide bonds. The van der Waals surface area contributed by atoms with Crippen LogP contribution in [0.3, 0.4) is 0 Å². The van der Waals surface area contributed by atoms with Gasteiger partial charge in [-0.3, -0.25) is 9.59 Å². The monoisotopic (exact) mass is 348 g/mol. The summed E-state index contributed by atoms with van der Waals surface area (Å²) in [5, 5.41) is 6.15. The van der Waals surface area contributed by atoms with Crippen molar-refractivity contribution >= 4 is 29.6 Å². The lowest BCUT2D eigenvalue weighted by atomic mass is 9.86. The number of amides is 1. The van der Waals surface area contributed by atoms with Crippen molar-refractivity contribution < 1.29 is 19.1 Å². The molecular formula is C20H16N2O4. The molecule has 26 heavy (non-hydrogen) atoms. The number of hydrogen-bond acceptors (Lipinski definition) is 5. The van der Waals surface area contributed by atoms with E-state index in [2.05, 4.69) is 15.4 Å². The molecule has 1 aliphatic carbocycles. The Hall–Kier alpha value is -3.41. The lowest BCUT2D eigenvalue weighted by molar-refractivity contribution is -0.155. The van der Waals surface area contributed by atoms with Gasteiger partial charge in [0.05, 0.1) is 0 Å². The van der Waals surface area contributed by atoms with Gasteiger partial charge in [0, 0.05) is 41.1 Å². The van der Waals surface area contributed by atoms with Crippen LogP contribution >= 0.6 is 0 Å². The number of ether oxygens (including phenoxy) is 1. The number of fused-ring (bicyclic) bond motifs is 2. The minimum Gasteiger partial charge on any atom is -0.390 e. The summed E-state index contributed by atoms with van der Waals surface area (Å²) in [6, 6.07) is 7.80. The molecular weight excluding hydrogens is 332 g/mol. The maximum absolute atomic E-state index is 12.5. The Balaban J connectivity index is 1.66. The predicted octanol–water partition coefficient (Wildman–Crippen LogP) is 2.43. The van der Waals surface area contributed by atoms with Crippen molar-refractivity contribution in [2.75, 3.05) is 5.32 Å². The molecule has 0 radical (unpaired) electrons. The van der Waals surface area contributed by atoms with Gasteiger partial charge in [-0.15, -0.1) is 0 Å². The molecule has 1 aromatic carbocycles. The third kappa shape index (κ3) is 2.75. The number of hydrogen-bond donors (Lipinski definition) is 2. The summed E-state index contributed by atoms with van der Waals surface area (Å²) >= 11 is 0. The smallest absolute Gasteiger partial charge is 0.341 e. The summed E-state index contributed by atoms with van der Waals surface area (Å²) in [5.41, 5.74) is 4.35. The third-order valence-corrected chi connectivity index (χ3v) is 4.56. The Morgan fingerprint density at radius 1 is 1.12 bits per heavy atom. The van der Waals surface area contributed by atoms with Crippen LogP contribution in [-0.4, -0.2) is 17.8 Å². The van der Waals surface area contributed by atoms with E-state index in [-0.39, 0.29) is 11.8 Å². The van der Waals surface area contributed by atoms with E-state index in [0.29, 0.717) is 23.3 Å². The maximum Gasteiger partial charge on any atom is 0.341 e. The zero-order valence-electron chi connectivity index (χ0n) is 14.0. The fourth-order valence-electron chi connectivity index (χ4n) is 3.38. The number of esters is 2. The Morgan fingerprint density at radius 2 is 1.92 bits per heavy atom. The zero-order valence-corrected chi connectivity index (χ0v) is 14.0. The molecule has 0 bridgehead atoms. The molecule has 2 N–H and O–H groups in total. The molecule has 1 unspecified atom stereocenters. The number of carbonyl (C=O) groups excluding carboxylic acids is 3.